The number of amides is 2. The molecule has 6 atom stereocenters. The van der Waals surface area contributed by atoms with Crippen molar-refractivity contribution < 1.29 is 52.5 Å². The van der Waals surface area contributed by atoms with E-state index in [2.05, 4.69) is 10.6 Å². The molecule has 220 valence electrons. The summed E-state index contributed by atoms with van der Waals surface area (Å²) in [4.78, 5) is 72.6. The van der Waals surface area contributed by atoms with E-state index in [1.807, 2.05) is 0 Å². The largest absolute Gasteiger partial charge is 0.462 e. The standard InChI is InChI=1S/C26H34N2O11S/c1-14(29)28-22-20(36-16(3)31)12-26(25(34)27-6,40-19-10-8-7-9-11-19)39-24(22)23(38-18(5)33)21(37-17(4)32)13-35-15(2)30/h7-11,20-24H,12-13H2,1-6H3,(H,27,34)(H,28,29)/t20-,21+,22+,23+,24+,26+/m0/s1. The van der Waals surface area contributed by atoms with E-state index in [4.69, 9.17) is 23.7 Å². The van der Waals surface area contributed by atoms with Crippen molar-refractivity contribution in [2.75, 3.05) is 13.7 Å². The van der Waals surface area contributed by atoms with Gasteiger partial charge >= 0.3 is 23.9 Å². The van der Waals surface area contributed by atoms with Crippen LogP contribution in [-0.2, 0) is 52.5 Å². The normalized spacial score (nSPS) is 23.5. The average Bonchev–Trinajstić information content (AvgIpc) is 2.85. The zero-order chi connectivity index (χ0) is 30.0. The Balaban J connectivity index is 2.76. The zero-order valence-electron chi connectivity index (χ0n) is 23.1. The minimum Gasteiger partial charge on any atom is -0.462 e. The quantitative estimate of drug-likeness (QED) is 0.279. The molecule has 0 aromatic heterocycles. The maximum atomic E-state index is 13.5. The molecule has 40 heavy (non-hydrogen) atoms. The molecular formula is C26H34N2O11S. The monoisotopic (exact) mass is 582 g/mol. The third-order valence-electron chi connectivity index (χ3n) is 5.60. The van der Waals surface area contributed by atoms with Crippen LogP contribution in [0.25, 0.3) is 0 Å². The highest BCUT2D eigenvalue weighted by molar-refractivity contribution is 8.01. The topological polar surface area (TPSA) is 173 Å². The molecule has 1 aromatic carbocycles. The molecule has 1 aromatic rings. The van der Waals surface area contributed by atoms with Gasteiger partial charge in [0.2, 0.25) is 10.8 Å². The first-order chi connectivity index (χ1) is 18.8. The van der Waals surface area contributed by atoms with Gasteiger partial charge in [-0.3, -0.25) is 28.8 Å². The van der Waals surface area contributed by atoms with Crippen LogP contribution >= 0.6 is 11.8 Å². The molecule has 0 aliphatic carbocycles. The molecule has 2 amide bonds. The van der Waals surface area contributed by atoms with E-state index >= 15 is 0 Å². The van der Waals surface area contributed by atoms with Crippen LogP contribution in [0.2, 0.25) is 0 Å². The molecular weight excluding hydrogens is 548 g/mol. The van der Waals surface area contributed by atoms with Gasteiger partial charge in [-0.25, -0.2) is 0 Å². The van der Waals surface area contributed by atoms with Gasteiger partial charge in [-0.05, 0) is 12.1 Å². The van der Waals surface area contributed by atoms with Crippen molar-refractivity contribution in [2.24, 2.45) is 0 Å². The minimum absolute atomic E-state index is 0.220. The second kappa shape index (κ2) is 14.7. The van der Waals surface area contributed by atoms with Gasteiger partial charge in [-0.1, -0.05) is 30.0 Å². The summed E-state index contributed by atoms with van der Waals surface area (Å²) in [7, 11) is 1.39. The molecule has 14 heteroatoms. The summed E-state index contributed by atoms with van der Waals surface area (Å²) in [5.74, 6) is -4.21. The van der Waals surface area contributed by atoms with Crippen molar-refractivity contribution in [2.45, 2.75) is 81.3 Å². The fraction of sp³-hybridized carbons (Fsp3) is 0.538. The lowest BCUT2D eigenvalue weighted by molar-refractivity contribution is -0.218. The molecule has 0 unspecified atom stereocenters. The number of esters is 4. The van der Waals surface area contributed by atoms with Gasteiger partial charge in [0.1, 0.15) is 18.8 Å². The predicted octanol–water partition coefficient (Wildman–Crippen LogP) is 0.873. The van der Waals surface area contributed by atoms with Gasteiger partial charge in [0.15, 0.2) is 12.2 Å². The summed E-state index contributed by atoms with van der Waals surface area (Å²) in [6.45, 7) is 5.15. The fourth-order valence-corrected chi connectivity index (χ4v) is 5.51. The second-order valence-electron chi connectivity index (χ2n) is 8.93. The van der Waals surface area contributed by atoms with E-state index in [0.29, 0.717) is 4.90 Å². The maximum Gasteiger partial charge on any atom is 0.303 e. The van der Waals surface area contributed by atoms with E-state index in [0.717, 1.165) is 39.5 Å². The average molecular weight is 583 g/mol. The Kier molecular flexibility index (Phi) is 11.9. The predicted molar refractivity (Wildman–Crippen MR) is 139 cm³/mol. The number of likely N-dealkylation sites (N-methyl/N-ethyl adjacent to an activating group) is 1. The molecule has 1 heterocycles. The number of nitrogens with one attached hydrogen (secondary N) is 2. The second-order valence-corrected chi connectivity index (χ2v) is 10.3. The number of hydrogen-bond acceptors (Lipinski definition) is 12. The van der Waals surface area contributed by atoms with Gasteiger partial charge in [0.25, 0.3) is 5.91 Å². The van der Waals surface area contributed by atoms with Crippen molar-refractivity contribution in [3.8, 4) is 0 Å². The number of thioether (sulfide) groups is 1. The van der Waals surface area contributed by atoms with Gasteiger partial charge in [-0.15, -0.1) is 0 Å². The summed E-state index contributed by atoms with van der Waals surface area (Å²) in [6.07, 6.45) is -5.79. The van der Waals surface area contributed by atoms with E-state index in [1.54, 1.807) is 30.3 Å². The highest BCUT2D eigenvalue weighted by Gasteiger charge is 2.58. The van der Waals surface area contributed by atoms with Gasteiger partial charge in [0, 0.05) is 53.0 Å². The van der Waals surface area contributed by atoms with Crippen LogP contribution in [0.3, 0.4) is 0 Å². The Labute approximate surface area is 235 Å². The molecule has 1 aliphatic rings. The number of carbonyl (C=O) groups is 6. The molecule has 1 aliphatic heterocycles. The molecule has 2 rings (SSSR count). The molecule has 0 spiro atoms. The first-order valence-electron chi connectivity index (χ1n) is 12.3. The van der Waals surface area contributed by atoms with E-state index in [1.165, 1.54) is 14.0 Å². The molecule has 2 N–H and O–H groups in total. The van der Waals surface area contributed by atoms with Crippen LogP contribution in [0.5, 0.6) is 0 Å². The first-order valence-corrected chi connectivity index (χ1v) is 13.2. The Morgan fingerprint density at radius 1 is 0.950 bits per heavy atom. The lowest BCUT2D eigenvalue weighted by Crippen LogP contribution is -2.68. The summed E-state index contributed by atoms with van der Waals surface area (Å²) in [5.41, 5.74) is 0. The lowest BCUT2D eigenvalue weighted by atomic mass is 9.89. The van der Waals surface area contributed by atoms with Crippen LogP contribution in [-0.4, -0.2) is 84.7 Å². The van der Waals surface area contributed by atoms with Gasteiger partial charge in [0.05, 0.1) is 6.04 Å². The van der Waals surface area contributed by atoms with Crippen molar-refractivity contribution in [3.63, 3.8) is 0 Å². The summed E-state index contributed by atoms with van der Waals surface area (Å²) < 4.78 is 28.0. The molecule has 0 saturated carbocycles. The van der Waals surface area contributed by atoms with Crippen molar-refractivity contribution in [1.29, 1.82) is 0 Å². The Bertz CT molecular complexity index is 1100. The van der Waals surface area contributed by atoms with E-state index < -0.39 is 77.7 Å². The SMILES string of the molecule is CNC(=O)[C@]1(Sc2ccccc2)C[C@H](OC(C)=O)[C@@H](NC(C)=O)[C@H]([C@H](OC(C)=O)[C@@H](COC(C)=O)OC(C)=O)O1. The van der Waals surface area contributed by atoms with Crippen LogP contribution in [0, 0.1) is 0 Å². The van der Waals surface area contributed by atoms with Gasteiger partial charge in [-0.2, -0.15) is 0 Å². The molecule has 13 nitrogen and oxygen atoms in total. The molecule has 0 radical (unpaired) electrons. The molecule has 1 saturated heterocycles. The third kappa shape index (κ3) is 9.23. The fourth-order valence-electron chi connectivity index (χ4n) is 4.24. The molecule has 1 fully saturated rings. The summed E-state index contributed by atoms with van der Waals surface area (Å²) in [5, 5.41) is 5.20. The first kappa shape index (κ1) is 32.6. The molecule has 0 bridgehead atoms. The Hall–Kier alpha value is -3.65. The van der Waals surface area contributed by atoms with E-state index in [-0.39, 0.29) is 6.42 Å². The Morgan fingerprint density at radius 3 is 2.08 bits per heavy atom. The highest BCUT2D eigenvalue weighted by Crippen LogP contribution is 2.45. The number of carbonyl (C=O) groups excluding carboxylic acids is 6. The van der Waals surface area contributed by atoms with Crippen LogP contribution in [0.15, 0.2) is 35.2 Å². The third-order valence-corrected chi connectivity index (χ3v) is 6.88. The van der Waals surface area contributed by atoms with Crippen LogP contribution in [0.1, 0.15) is 41.0 Å². The summed E-state index contributed by atoms with van der Waals surface area (Å²) >= 11 is 1.01. The van der Waals surface area contributed by atoms with Crippen LogP contribution < -0.4 is 10.6 Å². The van der Waals surface area contributed by atoms with Crippen molar-refractivity contribution in [1.82, 2.24) is 10.6 Å². The van der Waals surface area contributed by atoms with Crippen molar-refractivity contribution in [3.05, 3.63) is 30.3 Å². The Morgan fingerprint density at radius 2 is 1.57 bits per heavy atom. The lowest BCUT2D eigenvalue weighted by Gasteiger charge is -2.49. The van der Waals surface area contributed by atoms with Crippen molar-refractivity contribution >= 4 is 47.5 Å². The minimum atomic E-state index is -1.78. The number of hydrogen-bond donors (Lipinski definition) is 2. The van der Waals surface area contributed by atoms with Gasteiger partial charge < -0.3 is 34.3 Å². The number of benzene rings is 1. The van der Waals surface area contributed by atoms with E-state index in [9.17, 15) is 28.8 Å². The zero-order valence-corrected chi connectivity index (χ0v) is 23.9. The number of ether oxygens (including phenoxy) is 5. The maximum absolute atomic E-state index is 13.5. The smallest absolute Gasteiger partial charge is 0.303 e. The highest BCUT2D eigenvalue weighted by atomic mass is 32.2. The number of rotatable bonds is 11. The van der Waals surface area contributed by atoms with Crippen LogP contribution in [0.4, 0.5) is 0 Å². The summed E-state index contributed by atoms with van der Waals surface area (Å²) in [6, 6.07) is 7.57.